The molecule has 0 aromatic heterocycles. The van der Waals surface area contributed by atoms with Crippen molar-refractivity contribution in [1.29, 1.82) is 0 Å². The largest absolute Gasteiger partial charge is 4.00 e. The Labute approximate surface area is 161 Å². The first kappa shape index (κ1) is 21.8. The summed E-state index contributed by atoms with van der Waals surface area (Å²) in [5.41, 5.74) is 0. The van der Waals surface area contributed by atoms with Gasteiger partial charge in [0, 0.05) is 0 Å². The monoisotopic (exact) mass is 342 g/mol. The van der Waals surface area contributed by atoms with Crippen molar-refractivity contribution < 1.29 is 21.7 Å². The van der Waals surface area contributed by atoms with Crippen LogP contribution in [0.25, 0.3) is 0 Å². The van der Waals surface area contributed by atoms with Crippen LogP contribution in [0.15, 0.2) is 0 Å². The van der Waals surface area contributed by atoms with Crippen LogP contribution in [0.5, 0.6) is 0 Å². The molecule has 0 atom stereocenters. The minimum atomic E-state index is 0. The summed E-state index contributed by atoms with van der Waals surface area (Å²) in [7, 11) is 0. The Bertz CT molecular complexity index is 294. The minimum absolute atomic E-state index is 0. The molecule has 0 aliphatic heterocycles. The second-order valence-corrected chi connectivity index (χ2v) is 6.64. The number of hydrogen-bond donors (Lipinski definition) is 0. The van der Waals surface area contributed by atoms with Crippen molar-refractivity contribution in [3.8, 4) is 0 Å². The molecule has 4 rings (SSSR count). The molecule has 10 radical (unpaired) electrons. The van der Waals surface area contributed by atoms with Gasteiger partial charge in [-0.25, -0.2) is 0 Å². The third-order valence-corrected chi connectivity index (χ3v) is 5.43. The summed E-state index contributed by atoms with van der Waals surface area (Å²) in [6.45, 7) is 0. The first-order chi connectivity index (χ1) is 9.92. The second kappa shape index (κ2) is 10.0. The number of fused-ring (bicyclic) bond motifs is 2. The van der Waals surface area contributed by atoms with Gasteiger partial charge in [-0.2, -0.15) is 0 Å². The smallest absolute Gasteiger partial charge is 0.358 e. The molecule has 0 amide bonds. The summed E-state index contributed by atoms with van der Waals surface area (Å²) >= 11 is 0. The molecule has 0 unspecified atom stereocenters. The molecule has 1 heteroatoms. The fourth-order valence-electron chi connectivity index (χ4n) is 4.30. The second-order valence-electron chi connectivity index (χ2n) is 6.64. The zero-order valence-electron chi connectivity index (χ0n) is 14.9. The molecule has 0 nitrogen and oxygen atoms in total. The van der Waals surface area contributed by atoms with Gasteiger partial charge in [0.2, 0.25) is 0 Å². The van der Waals surface area contributed by atoms with Gasteiger partial charge in [0.15, 0.2) is 0 Å². The Hall–Kier alpha value is 0.714. The van der Waals surface area contributed by atoms with Crippen LogP contribution < -0.4 is 0 Å². The SMILES string of the molecule is [CH3-].[CH3-].[CH]1[CH][C](CC[C]2[CH][CH][C]3CCCC[C]32)[C]2CCCC[C]12.[Ti+4]. The number of rotatable bonds is 3. The Kier molecular flexibility index (Phi) is 9.47. The van der Waals surface area contributed by atoms with Crippen molar-refractivity contribution in [3.63, 3.8) is 0 Å². The van der Waals surface area contributed by atoms with E-state index < -0.39 is 0 Å². The summed E-state index contributed by atoms with van der Waals surface area (Å²) in [6.07, 6.45) is 23.0. The third-order valence-electron chi connectivity index (χ3n) is 5.43. The van der Waals surface area contributed by atoms with Crippen LogP contribution in [0.3, 0.4) is 0 Å². The van der Waals surface area contributed by atoms with Crippen molar-refractivity contribution in [2.45, 2.75) is 64.2 Å². The van der Waals surface area contributed by atoms with Crippen molar-refractivity contribution >= 4 is 0 Å². The van der Waals surface area contributed by atoms with E-state index >= 15 is 0 Å². The maximum absolute atomic E-state index is 2.41. The van der Waals surface area contributed by atoms with Crippen LogP contribution in [0.2, 0.25) is 0 Å². The summed E-state index contributed by atoms with van der Waals surface area (Å²) in [5.74, 6) is 10.00. The first-order valence-electron chi connectivity index (χ1n) is 8.44. The van der Waals surface area contributed by atoms with Crippen molar-refractivity contribution in [2.75, 3.05) is 0 Å². The van der Waals surface area contributed by atoms with E-state index in [0.717, 1.165) is 0 Å². The van der Waals surface area contributed by atoms with Crippen LogP contribution in [0, 0.1) is 76.0 Å². The Balaban J connectivity index is 0.000000882. The zero-order valence-corrected chi connectivity index (χ0v) is 16.4. The summed E-state index contributed by atoms with van der Waals surface area (Å²) < 4.78 is 0. The summed E-state index contributed by atoms with van der Waals surface area (Å²) in [4.78, 5) is 0. The van der Waals surface area contributed by atoms with Gasteiger partial charge in [0.25, 0.3) is 0 Å². The predicted octanol–water partition coefficient (Wildman–Crippen LogP) is 6.10. The average molecular weight is 342 g/mol. The fourth-order valence-corrected chi connectivity index (χ4v) is 4.30. The normalized spacial score (nSPS) is 27.7. The van der Waals surface area contributed by atoms with Crippen molar-refractivity contribution in [1.82, 2.24) is 0 Å². The Morgan fingerprint density at radius 2 is 0.957 bits per heavy atom. The molecule has 120 valence electrons. The topological polar surface area (TPSA) is 0 Å². The van der Waals surface area contributed by atoms with Gasteiger partial charge in [0.05, 0.1) is 0 Å². The van der Waals surface area contributed by atoms with Crippen LogP contribution in [0.4, 0.5) is 0 Å². The van der Waals surface area contributed by atoms with Gasteiger partial charge in [-0.05, 0) is 99.7 Å². The molecule has 0 heterocycles. The Morgan fingerprint density at radius 1 is 0.565 bits per heavy atom. The van der Waals surface area contributed by atoms with Gasteiger partial charge in [-0.1, -0.05) is 25.7 Å². The van der Waals surface area contributed by atoms with Gasteiger partial charge in [-0.15, -0.1) is 0 Å². The van der Waals surface area contributed by atoms with E-state index in [1.54, 1.807) is 35.5 Å². The molecule has 0 spiro atoms. The van der Waals surface area contributed by atoms with Crippen LogP contribution in [0.1, 0.15) is 64.2 Å². The molecule has 0 saturated heterocycles. The van der Waals surface area contributed by atoms with Crippen molar-refractivity contribution in [3.05, 3.63) is 76.0 Å². The maximum Gasteiger partial charge on any atom is 4.00 e. The standard InChI is InChI=1S/C20H24.2CH3.Ti/c1-3-7-19-15(5-1)9-11-17(19)13-14-18-12-10-16-6-2-4-8-20(16)18;;;/h9-12H,1-8,13-14H2;2*1H3;/q;2*-1;+4. The molecule has 0 aromatic rings. The average Bonchev–Trinajstić information content (AvgIpc) is 3.09. The molecule has 4 fully saturated rings. The molecule has 0 bridgehead atoms. The van der Waals surface area contributed by atoms with E-state index in [-0.39, 0.29) is 36.6 Å². The molecular formula is C22H30Ti+2. The molecule has 4 aliphatic rings. The van der Waals surface area contributed by atoms with Crippen molar-refractivity contribution in [2.24, 2.45) is 0 Å². The number of hydrogen-bond acceptors (Lipinski definition) is 0. The molecule has 0 aromatic carbocycles. The first-order valence-corrected chi connectivity index (χ1v) is 8.44. The van der Waals surface area contributed by atoms with Gasteiger partial charge < -0.3 is 14.9 Å². The molecule has 0 N–H and O–H groups in total. The fraction of sp³-hybridized carbons (Fsp3) is 0.455. The van der Waals surface area contributed by atoms with Crippen LogP contribution in [-0.2, 0) is 21.7 Å². The van der Waals surface area contributed by atoms with E-state index in [4.69, 9.17) is 0 Å². The molecule has 4 saturated carbocycles. The third kappa shape index (κ3) is 4.66. The molecule has 23 heavy (non-hydrogen) atoms. The van der Waals surface area contributed by atoms with Crippen LogP contribution in [-0.4, -0.2) is 0 Å². The Morgan fingerprint density at radius 3 is 1.39 bits per heavy atom. The zero-order chi connectivity index (χ0) is 13.4. The molecular weight excluding hydrogens is 312 g/mol. The van der Waals surface area contributed by atoms with E-state index in [1.165, 1.54) is 64.2 Å². The summed E-state index contributed by atoms with van der Waals surface area (Å²) in [5, 5.41) is 0. The van der Waals surface area contributed by atoms with Gasteiger partial charge in [0.1, 0.15) is 0 Å². The quantitative estimate of drug-likeness (QED) is 0.429. The van der Waals surface area contributed by atoms with E-state index in [9.17, 15) is 0 Å². The van der Waals surface area contributed by atoms with E-state index in [1.807, 2.05) is 0 Å². The minimum Gasteiger partial charge on any atom is -0.358 e. The van der Waals surface area contributed by atoms with E-state index in [0.29, 0.717) is 0 Å². The van der Waals surface area contributed by atoms with Crippen LogP contribution >= 0.6 is 0 Å². The van der Waals surface area contributed by atoms with Gasteiger partial charge in [-0.3, -0.25) is 0 Å². The van der Waals surface area contributed by atoms with E-state index in [2.05, 4.69) is 25.7 Å². The molecule has 4 aliphatic carbocycles. The summed E-state index contributed by atoms with van der Waals surface area (Å²) in [6, 6.07) is 0. The maximum atomic E-state index is 2.41. The van der Waals surface area contributed by atoms with Gasteiger partial charge >= 0.3 is 21.7 Å². The predicted molar refractivity (Wildman–Crippen MR) is 95.7 cm³/mol.